The Labute approximate surface area is 115 Å². The van der Waals surface area contributed by atoms with Gasteiger partial charge in [-0.05, 0) is 48.3 Å². The first-order valence-corrected chi connectivity index (χ1v) is 8.72. The maximum absolute atomic E-state index is 2.55. The van der Waals surface area contributed by atoms with Gasteiger partial charge in [0.2, 0.25) is 0 Å². The Morgan fingerprint density at radius 2 is 1.00 bits per heavy atom. The zero-order chi connectivity index (χ0) is 13.1. The van der Waals surface area contributed by atoms with Crippen LogP contribution in [0.4, 0.5) is 0 Å². The van der Waals surface area contributed by atoms with Gasteiger partial charge in [-0.25, -0.2) is 0 Å². The van der Waals surface area contributed by atoms with Crippen molar-refractivity contribution >= 4 is 0 Å². The van der Waals surface area contributed by atoms with E-state index in [4.69, 9.17) is 0 Å². The summed E-state index contributed by atoms with van der Waals surface area (Å²) < 4.78 is 0. The average molecular weight is 250 g/mol. The summed E-state index contributed by atoms with van der Waals surface area (Å²) in [6, 6.07) is 0. The SMILES string of the molecule is CCCCCC1C(C)C2C(CCCCC)C(C)C12. The van der Waals surface area contributed by atoms with Gasteiger partial charge in [-0.2, -0.15) is 0 Å². The highest BCUT2D eigenvalue weighted by Crippen LogP contribution is 2.66. The molecule has 2 saturated carbocycles. The van der Waals surface area contributed by atoms with Gasteiger partial charge in [-0.1, -0.05) is 66.2 Å². The standard InChI is InChI=1S/C18H34/c1-5-7-9-11-15-13(3)18-16(12-10-8-6-2)14(4)17(15)18/h13-18H,5-12H2,1-4H3. The Bertz CT molecular complexity index is 218. The van der Waals surface area contributed by atoms with E-state index in [0.717, 1.165) is 35.5 Å². The van der Waals surface area contributed by atoms with Crippen molar-refractivity contribution in [3.8, 4) is 0 Å². The lowest BCUT2D eigenvalue weighted by atomic mass is 9.37. The van der Waals surface area contributed by atoms with E-state index in [2.05, 4.69) is 27.7 Å². The Morgan fingerprint density at radius 3 is 1.33 bits per heavy atom. The van der Waals surface area contributed by atoms with Crippen LogP contribution in [0.5, 0.6) is 0 Å². The second kappa shape index (κ2) is 6.44. The number of rotatable bonds is 8. The summed E-state index contributed by atoms with van der Waals surface area (Å²) in [5.74, 6) is 6.55. The van der Waals surface area contributed by atoms with E-state index < -0.39 is 0 Å². The number of unbranched alkanes of at least 4 members (excludes halogenated alkanes) is 4. The van der Waals surface area contributed by atoms with Crippen molar-refractivity contribution in [2.75, 3.05) is 0 Å². The van der Waals surface area contributed by atoms with E-state index in [9.17, 15) is 0 Å². The molecule has 0 spiro atoms. The third kappa shape index (κ3) is 2.49. The fourth-order valence-corrected chi connectivity index (χ4v) is 5.20. The molecule has 2 fully saturated rings. The Hall–Kier alpha value is 0. The molecule has 0 saturated heterocycles. The summed E-state index contributed by atoms with van der Waals surface area (Å²) in [5.41, 5.74) is 0. The monoisotopic (exact) mass is 250 g/mol. The lowest BCUT2D eigenvalue weighted by molar-refractivity contribution is -0.197. The smallest absolute Gasteiger partial charge is 0.0321 e. The van der Waals surface area contributed by atoms with Crippen molar-refractivity contribution < 1.29 is 0 Å². The van der Waals surface area contributed by atoms with Crippen LogP contribution in [-0.2, 0) is 0 Å². The quantitative estimate of drug-likeness (QED) is 0.470. The van der Waals surface area contributed by atoms with Gasteiger partial charge in [0.05, 0.1) is 0 Å². The Balaban J connectivity index is 1.73. The predicted molar refractivity (Wildman–Crippen MR) is 80.6 cm³/mol. The minimum atomic E-state index is 1.05. The second-order valence-corrected chi connectivity index (χ2v) is 7.19. The summed E-state index contributed by atoms with van der Waals surface area (Å²) in [5, 5.41) is 0. The molecule has 6 atom stereocenters. The van der Waals surface area contributed by atoms with Gasteiger partial charge in [0, 0.05) is 0 Å². The van der Waals surface area contributed by atoms with Gasteiger partial charge in [0.1, 0.15) is 0 Å². The molecule has 2 aliphatic rings. The van der Waals surface area contributed by atoms with Crippen LogP contribution >= 0.6 is 0 Å². The molecule has 18 heavy (non-hydrogen) atoms. The summed E-state index contributed by atoms with van der Waals surface area (Å²) in [4.78, 5) is 0. The van der Waals surface area contributed by atoms with Gasteiger partial charge < -0.3 is 0 Å². The van der Waals surface area contributed by atoms with Crippen molar-refractivity contribution in [3.63, 3.8) is 0 Å². The highest BCUT2D eigenvalue weighted by molar-refractivity contribution is 5.09. The molecule has 0 heteroatoms. The van der Waals surface area contributed by atoms with E-state index >= 15 is 0 Å². The first kappa shape index (κ1) is 14.4. The van der Waals surface area contributed by atoms with Crippen LogP contribution in [-0.4, -0.2) is 0 Å². The number of hydrogen-bond donors (Lipinski definition) is 0. The Kier molecular flexibility index (Phi) is 5.15. The minimum Gasteiger partial charge on any atom is -0.0654 e. The molecule has 0 heterocycles. The molecular formula is C18H34. The highest BCUT2D eigenvalue weighted by Gasteiger charge is 2.61. The lowest BCUT2D eigenvalue weighted by Gasteiger charge is -2.67. The zero-order valence-corrected chi connectivity index (χ0v) is 13.1. The second-order valence-electron chi connectivity index (χ2n) is 7.19. The highest BCUT2D eigenvalue weighted by atomic mass is 14.7. The van der Waals surface area contributed by atoms with Crippen LogP contribution in [0.15, 0.2) is 0 Å². The van der Waals surface area contributed by atoms with Crippen LogP contribution in [0.3, 0.4) is 0 Å². The minimum absolute atomic E-state index is 1.05. The van der Waals surface area contributed by atoms with Crippen molar-refractivity contribution in [1.29, 1.82) is 0 Å². The molecule has 0 aromatic carbocycles. The molecule has 0 bridgehead atoms. The van der Waals surface area contributed by atoms with Crippen LogP contribution in [0.2, 0.25) is 0 Å². The molecule has 0 aromatic rings. The van der Waals surface area contributed by atoms with E-state index in [1.165, 1.54) is 51.4 Å². The summed E-state index contributed by atoms with van der Waals surface area (Å²) in [6.07, 6.45) is 11.7. The largest absolute Gasteiger partial charge is 0.0654 e. The third-order valence-electron chi connectivity index (χ3n) is 6.28. The molecule has 2 aliphatic carbocycles. The van der Waals surface area contributed by atoms with E-state index in [1.807, 2.05) is 0 Å². The third-order valence-corrected chi connectivity index (χ3v) is 6.28. The first-order valence-electron chi connectivity index (χ1n) is 8.72. The molecular weight excluding hydrogens is 216 g/mol. The fourth-order valence-electron chi connectivity index (χ4n) is 5.20. The maximum atomic E-state index is 2.55. The molecule has 106 valence electrons. The Morgan fingerprint density at radius 1 is 0.611 bits per heavy atom. The van der Waals surface area contributed by atoms with Crippen LogP contribution < -0.4 is 0 Å². The van der Waals surface area contributed by atoms with Crippen LogP contribution in [0.25, 0.3) is 0 Å². The topological polar surface area (TPSA) is 0 Å². The molecule has 0 radical (unpaired) electrons. The molecule has 0 amide bonds. The fraction of sp³-hybridized carbons (Fsp3) is 1.00. The van der Waals surface area contributed by atoms with Crippen molar-refractivity contribution in [2.45, 2.75) is 79.1 Å². The van der Waals surface area contributed by atoms with E-state index in [-0.39, 0.29) is 0 Å². The van der Waals surface area contributed by atoms with Crippen molar-refractivity contribution in [1.82, 2.24) is 0 Å². The van der Waals surface area contributed by atoms with Gasteiger partial charge in [0.25, 0.3) is 0 Å². The summed E-state index contributed by atoms with van der Waals surface area (Å²) >= 11 is 0. The maximum Gasteiger partial charge on any atom is -0.0321 e. The molecule has 0 nitrogen and oxygen atoms in total. The molecule has 0 N–H and O–H groups in total. The van der Waals surface area contributed by atoms with Crippen LogP contribution in [0, 0.1) is 35.5 Å². The predicted octanol–water partition coefficient (Wildman–Crippen LogP) is 5.91. The van der Waals surface area contributed by atoms with Gasteiger partial charge in [0.15, 0.2) is 0 Å². The van der Waals surface area contributed by atoms with Crippen molar-refractivity contribution in [3.05, 3.63) is 0 Å². The van der Waals surface area contributed by atoms with E-state index in [1.54, 1.807) is 0 Å². The van der Waals surface area contributed by atoms with Gasteiger partial charge in [-0.3, -0.25) is 0 Å². The first-order chi connectivity index (χ1) is 8.72. The lowest BCUT2D eigenvalue weighted by Crippen LogP contribution is -2.62. The van der Waals surface area contributed by atoms with Gasteiger partial charge >= 0.3 is 0 Å². The normalized spacial score (nSPS) is 42.0. The van der Waals surface area contributed by atoms with Gasteiger partial charge in [-0.15, -0.1) is 0 Å². The molecule has 6 unspecified atom stereocenters. The number of fused-ring (bicyclic) bond motifs is 1. The van der Waals surface area contributed by atoms with Crippen LogP contribution in [0.1, 0.15) is 79.1 Å². The number of hydrogen-bond acceptors (Lipinski definition) is 0. The molecule has 2 rings (SSSR count). The average Bonchev–Trinajstić information content (AvgIpc) is 2.37. The molecule has 0 aliphatic heterocycles. The summed E-state index contributed by atoms with van der Waals surface area (Å²) in [6.45, 7) is 9.75. The zero-order valence-electron chi connectivity index (χ0n) is 13.1. The van der Waals surface area contributed by atoms with Crippen molar-refractivity contribution in [2.24, 2.45) is 35.5 Å². The summed E-state index contributed by atoms with van der Waals surface area (Å²) in [7, 11) is 0. The molecule has 0 aromatic heterocycles. The van der Waals surface area contributed by atoms with E-state index in [0.29, 0.717) is 0 Å².